The number of ether oxygens (including phenoxy) is 1. The van der Waals surface area contributed by atoms with Crippen molar-refractivity contribution >= 4 is 23.4 Å². The average molecular weight is 319 g/mol. The van der Waals surface area contributed by atoms with Crippen molar-refractivity contribution in [2.45, 2.75) is 45.0 Å². The van der Waals surface area contributed by atoms with Gasteiger partial charge in [0, 0.05) is 6.54 Å². The molecule has 1 aliphatic heterocycles. The summed E-state index contributed by atoms with van der Waals surface area (Å²) in [4.78, 5) is 13.3. The van der Waals surface area contributed by atoms with E-state index < -0.39 is 23.9 Å². The van der Waals surface area contributed by atoms with Gasteiger partial charge in [0.15, 0.2) is 0 Å². The number of likely N-dealkylation sites (tertiary alicyclic amines) is 1. The molecule has 0 aliphatic carbocycles. The number of nitrogens with two attached hydrogens (primary N) is 1. The van der Waals surface area contributed by atoms with Crippen molar-refractivity contribution in [2.75, 3.05) is 18.8 Å². The SMILES string of the molecule is CC(C)(C)OC(=O)N1CC[C@H](n2ncc(N)c2Cl)[C@@H](F)C1. The van der Waals surface area contributed by atoms with Gasteiger partial charge in [-0.05, 0) is 27.2 Å². The molecule has 0 radical (unpaired) electrons. The molecule has 0 unspecified atom stereocenters. The van der Waals surface area contributed by atoms with Crippen molar-refractivity contribution < 1.29 is 13.9 Å². The number of halogens is 2. The summed E-state index contributed by atoms with van der Waals surface area (Å²) in [7, 11) is 0. The van der Waals surface area contributed by atoms with Gasteiger partial charge >= 0.3 is 6.09 Å². The van der Waals surface area contributed by atoms with Crippen LogP contribution < -0.4 is 5.73 Å². The molecule has 2 heterocycles. The number of carbonyl (C=O) groups excluding carboxylic acids is 1. The summed E-state index contributed by atoms with van der Waals surface area (Å²) < 4.78 is 21.0. The molecule has 0 aromatic carbocycles. The average Bonchev–Trinajstić information content (AvgIpc) is 2.68. The molecule has 2 rings (SSSR count). The first-order chi connectivity index (χ1) is 9.69. The second kappa shape index (κ2) is 5.71. The molecule has 1 fully saturated rings. The van der Waals surface area contributed by atoms with Crippen LogP contribution in [0.4, 0.5) is 14.9 Å². The van der Waals surface area contributed by atoms with Crippen LogP contribution in [0.1, 0.15) is 33.2 Å². The maximum atomic E-state index is 14.4. The van der Waals surface area contributed by atoms with Gasteiger partial charge in [-0.2, -0.15) is 5.10 Å². The molecule has 1 aromatic rings. The minimum absolute atomic E-state index is 0.0460. The van der Waals surface area contributed by atoms with Gasteiger partial charge < -0.3 is 15.4 Å². The van der Waals surface area contributed by atoms with Gasteiger partial charge in [0.25, 0.3) is 0 Å². The highest BCUT2D eigenvalue weighted by molar-refractivity contribution is 6.32. The topological polar surface area (TPSA) is 73.4 Å². The third-order valence-electron chi connectivity index (χ3n) is 3.23. The van der Waals surface area contributed by atoms with E-state index in [0.29, 0.717) is 18.7 Å². The zero-order valence-electron chi connectivity index (χ0n) is 12.3. The van der Waals surface area contributed by atoms with Gasteiger partial charge in [0.2, 0.25) is 0 Å². The predicted molar refractivity (Wildman–Crippen MR) is 78.0 cm³/mol. The second-order valence-electron chi connectivity index (χ2n) is 6.13. The van der Waals surface area contributed by atoms with Crippen LogP contribution >= 0.6 is 11.6 Å². The van der Waals surface area contributed by atoms with Gasteiger partial charge in [0.1, 0.15) is 16.9 Å². The number of nitrogen functional groups attached to an aromatic ring is 1. The Balaban J connectivity index is 2.02. The van der Waals surface area contributed by atoms with Crippen LogP contribution in [-0.2, 0) is 4.74 Å². The van der Waals surface area contributed by atoms with E-state index in [2.05, 4.69) is 5.10 Å². The summed E-state index contributed by atoms with van der Waals surface area (Å²) in [5.41, 5.74) is 5.34. The van der Waals surface area contributed by atoms with E-state index in [0.717, 1.165) is 0 Å². The molecule has 8 heteroatoms. The van der Waals surface area contributed by atoms with E-state index in [1.165, 1.54) is 15.8 Å². The molecule has 2 atom stereocenters. The first-order valence-electron chi connectivity index (χ1n) is 6.79. The van der Waals surface area contributed by atoms with E-state index in [9.17, 15) is 9.18 Å². The monoisotopic (exact) mass is 318 g/mol. The van der Waals surface area contributed by atoms with E-state index in [4.69, 9.17) is 22.1 Å². The number of anilines is 1. The van der Waals surface area contributed by atoms with Crippen molar-refractivity contribution in [3.8, 4) is 0 Å². The Hall–Kier alpha value is -1.50. The second-order valence-corrected chi connectivity index (χ2v) is 6.49. The minimum atomic E-state index is -1.27. The number of carbonyl (C=O) groups is 1. The highest BCUT2D eigenvalue weighted by Crippen LogP contribution is 2.30. The van der Waals surface area contributed by atoms with Gasteiger partial charge in [-0.15, -0.1) is 0 Å². The van der Waals surface area contributed by atoms with Crippen molar-refractivity contribution in [3.63, 3.8) is 0 Å². The van der Waals surface area contributed by atoms with Crippen LogP contribution in [0, 0.1) is 0 Å². The Kier molecular flexibility index (Phi) is 4.32. The maximum absolute atomic E-state index is 14.4. The number of hydrogen-bond donors (Lipinski definition) is 1. The summed E-state index contributed by atoms with van der Waals surface area (Å²) >= 11 is 6.00. The first kappa shape index (κ1) is 15.9. The number of rotatable bonds is 1. The molecule has 1 aromatic heterocycles. The van der Waals surface area contributed by atoms with Crippen LogP contribution in [-0.4, -0.2) is 45.6 Å². The Morgan fingerprint density at radius 3 is 2.71 bits per heavy atom. The van der Waals surface area contributed by atoms with Gasteiger partial charge in [-0.1, -0.05) is 11.6 Å². The lowest BCUT2D eigenvalue weighted by atomic mass is 10.0. The summed E-state index contributed by atoms with van der Waals surface area (Å²) in [5, 5.41) is 4.23. The van der Waals surface area contributed by atoms with Gasteiger partial charge in [-0.25, -0.2) is 13.9 Å². The standard InChI is InChI=1S/C13H20ClFN4O2/c1-13(2,3)21-12(20)18-5-4-10(8(15)7-18)19-11(14)9(16)6-17-19/h6,8,10H,4-5,7,16H2,1-3H3/t8-,10-/m0/s1. The van der Waals surface area contributed by atoms with Crippen LogP contribution in [0.3, 0.4) is 0 Å². The van der Waals surface area contributed by atoms with Crippen LogP contribution in [0.2, 0.25) is 5.15 Å². The first-order valence-corrected chi connectivity index (χ1v) is 7.17. The molecular weight excluding hydrogens is 299 g/mol. The largest absolute Gasteiger partial charge is 0.444 e. The molecule has 1 amide bonds. The lowest BCUT2D eigenvalue weighted by Crippen LogP contribution is -2.47. The number of hydrogen-bond acceptors (Lipinski definition) is 4. The van der Waals surface area contributed by atoms with E-state index in [-0.39, 0.29) is 11.7 Å². The van der Waals surface area contributed by atoms with Crippen molar-refractivity contribution in [2.24, 2.45) is 0 Å². The molecule has 118 valence electrons. The lowest BCUT2D eigenvalue weighted by molar-refractivity contribution is 0.00579. The summed E-state index contributed by atoms with van der Waals surface area (Å²) in [5.74, 6) is 0. The zero-order valence-corrected chi connectivity index (χ0v) is 13.1. The zero-order chi connectivity index (χ0) is 15.8. The van der Waals surface area contributed by atoms with Gasteiger partial charge in [-0.3, -0.25) is 0 Å². The number of nitrogens with zero attached hydrogens (tertiary/aromatic N) is 3. The van der Waals surface area contributed by atoms with Crippen LogP contribution in [0.15, 0.2) is 6.20 Å². The van der Waals surface area contributed by atoms with Crippen LogP contribution in [0.25, 0.3) is 0 Å². The van der Waals surface area contributed by atoms with Crippen molar-refractivity contribution in [1.82, 2.24) is 14.7 Å². The Morgan fingerprint density at radius 2 is 2.24 bits per heavy atom. The maximum Gasteiger partial charge on any atom is 0.410 e. The Morgan fingerprint density at radius 1 is 1.57 bits per heavy atom. The van der Waals surface area contributed by atoms with Gasteiger partial charge in [0.05, 0.1) is 24.5 Å². The summed E-state index contributed by atoms with van der Waals surface area (Å²) in [6.07, 6.45) is 0.0223. The molecule has 0 spiro atoms. The molecule has 2 N–H and O–H groups in total. The Labute approximate surface area is 128 Å². The Bertz CT molecular complexity index is 529. The molecular formula is C13H20ClFN4O2. The fourth-order valence-corrected chi connectivity index (χ4v) is 2.47. The molecule has 6 nitrogen and oxygen atoms in total. The third-order valence-corrected chi connectivity index (χ3v) is 3.62. The quantitative estimate of drug-likeness (QED) is 0.864. The smallest absolute Gasteiger partial charge is 0.410 e. The number of piperidine rings is 1. The lowest BCUT2D eigenvalue weighted by Gasteiger charge is -2.35. The summed E-state index contributed by atoms with van der Waals surface area (Å²) in [6, 6.07) is -0.520. The number of alkyl halides is 1. The number of aromatic nitrogens is 2. The van der Waals surface area contributed by atoms with E-state index in [1.54, 1.807) is 20.8 Å². The molecule has 0 bridgehead atoms. The van der Waals surface area contributed by atoms with Crippen molar-refractivity contribution in [3.05, 3.63) is 11.3 Å². The van der Waals surface area contributed by atoms with Crippen LogP contribution in [0.5, 0.6) is 0 Å². The minimum Gasteiger partial charge on any atom is -0.444 e. The van der Waals surface area contributed by atoms with Crippen molar-refractivity contribution in [1.29, 1.82) is 0 Å². The molecule has 0 saturated carbocycles. The molecule has 1 saturated heterocycles. The van der Waals surface area contributed by atoms with E-state index in [1.807, 2.05) is 0 Å². The third kappa shape index (κ3) is 3.58. The summed E-state index contributed by atoms with van der Waals surface area (Å²) in [6.45, 7) is 5.66. The fraction of sp³-hybridized carbons (Fsp3) is 0.692. The molecule has 21 heavy (non-hydrogen) atoms. The fourth-order valence-electron chi connectivity index (χ4n) is 2.25. The van der Waals surface area contributed by atoms with E-state index >= 15 is 0 Å². The normalized spacial score (nSPS) is 23.2. The highest BCUT2D eigenvalue weighted by atomic mass is 35.5. The predicted octanol–water partition coefficient (Wildman–Crippen LogP) is 2.64. The number of amides is 1. The molecule has 1 aliphatic rings. The highest BCUT2D eigenvalue weighted by Gasteiger charge is 2.35.